The van der Waals surface area contributed by atoms with Gasteiger partial charge in [-0.3, -0.25) is 0 Å². The van der Waals surface area contributed by atoms with Crippen molar-refractivity contribution < 1.29 is 0 Å². The number of nitrogens with zero attached hydrogens (tertiary/aromatic N) is 1. The highest BCUT2D eigenvalue weighted by atomic mass is 32.1. The lowest BCUT2D eigenvalue weighted by atomic mass is 10.0. The van der Waals surface area contributed by atoms with Gasteiger partial charge in [0, 0.05) is 0 Å². The van der Waals surface area contributed by atoms with Gasteiger partial charge in [0.2, 0.25) is 0 Å². The maximum absolute atomic E-state index is 4.62. The van der Waals surface area contributed by atoms with Crippen molar-refractivity contribution in [2.75, 3.05) is 0 Å². The van der Waals surface area contributed by atoms with Crippen LogP contribution in [-0.4, -0.2) is 5.16 Å². The molecule has 0 bridgehead atoms. The Bertz CT molecular complexity index is 755. The van der Waals surface area contributed by atoms with Gasteiger partial charge in [0.05, 0.1) is 10.8 Å². The van der Waals surface area contributed by atoms with Gasteiger partial charge < -0.3 is 0 Å². The van der Waals surface area contributed by atoms with Crippen molar-refractivity contribution in [2.45, 2.75) is 0 Å². The van der Waals surface area contributed by atoms with Crippen LogP contribution >= 0.6 is 12.2 Å². The molecule has 0 spiro atoms. The second-order valence-electron chi connectivity index (χ2n) is 3.93. The number of fused-ring (bicyclic) bond motifs is 2. The molecule has 0 aliphatic rings. The van der Waals surface area contributed by atoms with Crippen molar-refractivity contribution in [2.24, 2.45) is 4.99 Å². The average molecular weight is 235 g/mol. The minimum Gasteiger partial charge on any atom is -0.195 e. The van der Waals surface area contributed by atoms with Gasteiger partial charge >= 0.3 is 0 Å². The van der Waals surface area contributed by atoms with E-state index in [9.17, 15) is 0 Å². The molecular weight excluding hydrogens is 226 g/mol. The largest absolute Gasteiger partial charge is 0.195 e. The number of aliphatic imine (C=N–C) groups is 1. The Morgan fingerprint density at radius 2 is 1.41 bits per heavy atom. The monoisotopic (exact) mass is 235 g/mol. The van der Waals surface area contributed by atoms with Crippen LogP contribution in [0.1, 0.15) is 0 Å². The van der Waals surface area contributed by atoms with Gasteiger partial charge in [-0.2, -0.15) is 4.99 Å². The number of thiocarbonyl (C=S) groups is 1. The molecule has 0 aromatic heterocycles. The molecule has 17 heavy (non-hydrogen) atoms. The lowest BCUT2D eigenvalue weighted by Crippen LogP contribution is -1.75. The molecule has 0 aliphatic heterocycles. The summed E-state index contributed by atoms with van der Waals surface area (Å²) in [6.07, 6.45) is 0. The van der Waals surface area contributed by atoms with E-state index < -0.39 is 0 Å². The van der Waals surface area contributed by atoms with Crippen LogP contribution in [0.25, 0.3) is 21.5 Å². The van der Waals surface area contributed by atoms with Crippen molar-refractivity contribution in [3.8, 4) is 0 Å². The Hall–Kier alpha value is -2.02. The fraction of sp³-hybridized carbons (Fsp3) is 0. The summed E-state index contributed by atoms with van der Waals surface area (Å²) in [4.78, 5) is 4.00. The van der Waals surface area contributed by atoms with Crippen LogP contribution in [0.15, 0.2) is 59.6 Å². The van der Waals surface area contributed by atoms with Crippen LogP contribution in [0.4, 0.5) is 5.69 Å². The lowest BCUT2D eigenvalue weighted by Gasteiger charge is -2.02. The standard InChI is InChI=1S/C15H9NS/c17-10-16-15-6-5-13-7-11-3-1-2-4-12(11)8-14(13)9-15/h1-9H. The van der Waals surface area contributed by atoms with Gasteiger partial charge in [-0.05, 0) is 58.0 Å². The van der Waals surface area contributed by atoms with E-state index in [1.807, 2.05) is 18.2 Å². The Labute approximate surface area is 104 Å². The number of benzene rings is 3. The topological polar surface area (TPSA) is 12.4 Å². The smallest absolute Gasteiger partial charge is 0.0745 e. The molecule has 2 heteroatoms. The Balaban J connectivity index is 2.36. The van der Waals surface area contributed by atoms with E-state index in [0.29, 0.717) is 0 Å². The van der Waals surface area contributed by atoms with Crippen molar-refractivity contribution in [1.82, 2.24) is 0 Å². The van der Waals surface area contributed by atoms with Crippen molar-refractivity contribution in [3.63, 3.8) is 0 Å². The summed E-state index contributed by atoms with van der Waals surface area (Å²) in [5.74, 6) is 0. The van der Waals surface area contributed by atoms with Gasteiger partial charge in [-0.15, -0.1) is 0 Å². The zero-order chi connectivity index (χ0) is 11.7. The zero-order valence-corrected chi connectivity index (χ0v) is 9.87. The predicted octanol–water partition coefficient (Wildman–Crippen LogP) is 4.73. The van der Waals surface area contributed by atoms with Crippen molar-refractivity contribution >= 4 is 44.6 Å². The molecule has 80 valence electrons. The number of hydrogen-bond acceptors (Lipinski definition) is 2. The van der Waals surface area contributed by atoms with Crippen LogP contribution in [0.2, 0.25) is 0 Å². The molecule has 0 fully saturated rings. The summed E-state index contributed by atoms with van der Waals surface area (Å²) in [5.41, 5.74) is 0.850. The van der Waals surface area contributed by atoms with E-state index in [-0.39, 0.29) is 0 Å². The number of isothiocyanates is 1. The van der Waals surface area contributed by atoms with Gasteiger partial charge in [0.1, 0.15) is 0 Å². The third kappa shape index (κ3) is 1.84. The molecule has 0 atom stereocenters. The molecule has 0 saturated heterocycles. The highest BCUT2D eigenvalue weighted by molar-refractivity contribution is 7.78. The first-order valence-electron chi connectivity index (χ1n) is 5.37. The molecule has 3 aromatic carbocycles. The molecule has 0 aliphatic carbocycles. The Kier molecular flexibility index (Phi) is 2.45. The van der Waals surface area contributed by atoms with Crippen LogP contribution in [0, 0.1) is 0 Å². The SMILES string of the molecule is S=C=Nc1ccc2cc3ccccc3cc2c1. The normalized spacial score (nSPS) is 10.4. The minimum atomic E-state index is 0.850. The van der Waals surface area contributed by atoms with Gasteiger partial charge in [-0.25, -0.2) is 0 Å². The first kappa shape index (κ1) is 10.2. The van der Waals surface area contributed by atoms with E-state index >= 15 is 0 Å². The van der Waals surface area contributed by atoms with E-state index in [0.717, 1.165) is 5.69 Å². The average Bonchev–Trinajstić information content (AvgIpc) is 2.36. The molecule has 3 aromatic rings. The summed E-state index contributed by atoms with van der Waals surface area (Å²) >= 11 is 4.62. The van der Waals surface area contributed by atoms with E-state index in [4.69, 9.17) is 0 Å². The summed E-state index contributed by atoms with van der Waals surface area (Å²) in [6.45, 7) is 0. The molecule has 0 saturated carbocycles. The highest BCUT2D eigenvalue weighted by Gasteiger charge is 1.98. The summed E-state index contributed by atoms with van der Waals surface area (Å²) < 4.78 is 0. The molecule has 0 heterocycles. The first-order valence-corrected chi connectivity index (χ1v) is 5.78. The zero-order valence-electron chi connectivity index (χ0n) is 9.05. The minimum absolute atomic E-state index is 0.850. The highest BCUT2D eigenvalue weighted by Crippen LogP contribution is 2.26. The molecule has 0 amide bonds. The fourth-order valence-corrected chi connectivity index (χ4v) is 2.16. The maximum Gasteiger partial charge on any atom is 0.0745 e. The molecule has 0 N–H and O–H groups in total. The lowest BCUT2D eigenvalue weighted by molar-refractivity contribution is 1.59. The third-order valence-electron chi connectivity index (χ3n) is 2.86. The van der Waals surface area contributed by atoms with Gasteiger partial charge in [-0.1, -0.05) is 30.3 Å². The second-order valence-corrected chi connectivity index (χ2v) is 4.12. The fourth-order valence-electron chi connectivity index (χ4n) is 2.05. The first-order chi connectivity index (χ1) is 8.36. The summed E-state index contributed by atoms with van der Waals surface area (Å²) in [5, 5.41) is 7.28. The van der Waals surface area contributed by atoms with Crippen LogP contribution in [-0.2, 0) is 0 Å². The quantitative estimate of drug-likeness (QED) is 0.337. The third-order valence-corrected chi connectivity index (χ3v) is 2.95. The molecule has 0 unspecified atom stereocenters. The predicted molar refractivity (Wildman–Crippen MR) is 76.1 cm³/mol. The van der Waals surface area contributed by atoms with Crippen molar-refractivity contribution in [1.29, 1.82) is 0 Å². The Morgan fingerprint density at radius 1 is 0.765 bits per heavy atom. The van der Waals surface area contributed by atoms with E-state index in [1.165, 1.54) is 21.5 Å². The van der Waals surface area contributed by atoms with Crippen LogP contribution < -0.4 is 0 Å². The van der Waals surface area contributed by atoms with Gasteiger partial charge in [0.15, 0.2) is 0 Å². The molecule has 3 rings (SSSR count). The molecule has 0 radical (unpaired) electrons. The van der Waals surface area contributed by atoms with E-state index in [2.05, 4.69) is 58.8 Å². The van der Waals surface area contributed by atoms with Crippen LogP contribution in [0.3, 0.4) is 0 Å². The summed E-state index contributed by atoms with van der Waals surface area (Å²) in [6, 6.07) is 18.8. The number of hydrogen-bond donors (Lipinski definition) is 0. The number of rotatable bonds is 1. The summed E-state index contributed by atoms with van der Waals surface area (Å²) in [7, 11) is 0. The Morgan fingerprint density at radius 3 is 2.12 bits per heavy atom. The molecular formula is C15H9NS. The maximum atomic E-state index is 4.62. The van der Waals surface area contributed by atoms with Crippen LogP contribution in [0.5, 0.6) is 0 Å². The molecule has 1 nitrogen and oxygen atoms in total. The second kappa shape index (κ2) is 4.10. The van der Waals surface area contributed by atoms with Crippen molar-refractivity contribution in [3.05, 3.63) is 54.6 Å². The van der Waals surface area contributed by atoms with Gasteiger partial charge in [0.25, 0.3) is 0 Å². The van der Waals surface area contributed by atoms with E-state index in [1.54, 1.807) is 0 Å².